The minimum Gasteiger partial charge on any atom is -0.476 e. The van der Waals surface area contributed by atoms with E-state index < -0.39 is 16.8 Å². The number of nitrogens with two attached hydrogens (primary N) is 2. The molecular weight excluding hydrogens is 398 g/mol. The lowest BCUT2D eigenvalue weighted by molar-refractivity contribution is 0.0691. The Morgan fingerprint density at radius 2 is 1.94 bits per heavy atom. The van der Waals surface area contributed by atoms with Crippen molar-refractivity contribution in [2.24, 2.45) is 5.73 Å². The van der Waals surface area contributed by atoms with E-state index in [0.717, 1.165) is 17.5 Å². The van der Waals surface area contributed by atoms with Gasteiger partial charge in [-0.25, -0.2) is 9.78 Å². The number of carbonyl (C=O) groups is 1. The van der Waals surface area contributed by atoms with Gasteiger partial charge in [-0.3, -0.25) is 9.59 Å². The van der Waals surface area contributed by atoms with Crippen molar-refractivity contribution in [1.29, 1.82) is 0 Å². The minimum absolute atomic E-state index is 0.0706. The largest absolute Gasteiger partial charge is 0.476 e. The molecule has 0 aliphatic carbocycles. The van der Waals surface area contributed by atoms with Crippen molar-refractivity contribution >= 4 is 23.0 Å². The maximum absolute atomic E-state index is 11.6. The number of hydrogen-bond donors (Lipinski definition) is 3. The SMILES string of the molecule is NCc1ccc2c(c1)CN(c1c(N)c(=O)c1=O)CC2.O=C(O)c1cn2ccccc2n1. The highest BCUT2D eigenvalue weighted by Gasteiger charge is 2.26. The van der Waals surface area contributed by atoms with Crippen LogP contribution in [0, 0.1) is 0 Å². The number of fused-ring (bicyclic) bond motifs is 2. The van der Waals surface area contributed by atoms with E-state index in [9.17, 15) is 14.4 Å². The fourth-order valence-corrected chi connectivity index (χ4v) is 3.68. The Bertz CT molecular complexity index is 1320. The average Bonchev–Trinajstić information content (AvgIpc) is 3.24. The predicted octanol–water partition coefficient (Wildman–Crippen LogP) is 0.919. The first-order valence-corrected chi connectivity index (χ1v) is 9.70. The molecule has 9 heteroatoms. The van der Waals surface area contributed by atoms with E-state index in [1.807, 2.05) is 23.1 Å². The summed E-state index contributed by atoms with van der Waals surface area (Å²) in [7, 11) is 0. The molecule has 0 amide bonds. The summed E-state index contributed by atoms with van der Waals surface area (Å²) in [6.07, 6.45) is 4.09. The molecule has 0 atom stereocenters. The van der Waals surface area contributed by atoms with Crippen molar-refractivity contribution in [3.8, 4) is 0 Å². The summed E-state index contributed by atoms with van der Waals surface area (Å²) in [6.45, 7) is 1.82. The average molecular weight is 419 g/mol. The van der Waals surface area contributed by atoms with Gasteiger partial charge >= 0.3 is 5.97 Å². The van der Waals surface area contributed by atoms with Crippen molar-refractivity contribution in [1.82, 2.24) is 9.38 Å². The first kappa shape index (κ1) is 20.3. The van der Waals surface area contributed by atoms with Gasteiger partial charge in [0, 0.05) is 32.0 Å². The van der Waals surface area contributed by atoms with Gasteiger partial charge in [0.25, 0.3) is 10.9 Å². The van der Waals surface area contributed by atoms with Crippen molar-refractivity contribution in [2.45, 2.75) is 19.5 Å². The molecule has 5 rings (SSSR count). The summed E-state index contributed by atoms with van der Waals surface area (Å²) >= 11 is 0. The molecule has 0 bridgehead atoms. The number of benzene rings is 1. The number of rotatable bonds is 3. The molecule has 1 aliphatic rings. The molecular formula is C22H21N5O4. The van der Waals surface area contributed by atoms with E-state index in [0.29, 0.717) is 31.0 Å². The molecule has 0 spiro atoms. The van der Waals surface area contributed by atoms with Crippen LogP contribution in [0.3, 0.4) is 0 Å². The maximum atomic E-state index is 11.6. The molecule has 0 fully saturated rings. The van der Waals surface area contributed by atoms with Crippen LogP contribution in [0.25, 0.3) is 5.65 Å². The highest BCUT2D eigenvalue weighted by molar-refractivity contribution is 5.86. The quantitative estimate of drug-likeness (QED) is 0.416. The van der Waals surface area contributed by atoms with Crippen LogP contribution in [0.4, 0.5) is 11.4 Å². The molecule has 0 saturated heterocycles. The van der Waals surface area contributed by atoms with Gasteiger partial charge in [0.2, 0.25) is 0 Å². The van der Waals surface area contributed by atoms with Crippen LogP contribution in [0.5, 0.6) is 0 Å². The van der Waals surface area contributed by atoms with E-state index in [1.54, 1.807) is 16.7 Å². The maximum Gasteiger partial charge on any atom is 0.356 e. The summed E-state index contributed by atoms with van der Waals surface area (Å²) < 4.78 is 1.67. The zero-order chi connectivity index (χ0) is 22.1. The van der Waals surface area contributed by atoms with Gasteiger partial charge in [0.15, 0.2) is 5.69 Å². The van der Waals surface area contributed by atoms with Gasteiger partial charge in [-0.1, -0.05) is 24.3 Å². The predicted molar refractivity (Wildman–Crippen MR) is 117 cm³/mol. The number of pyridine rings is 1. The monoisotopic (exact) mass is 419 g/mol. The van der Waals surface area contributed by atoms with E-state index >= 15 is 0 Å². The van der Waals surface area contributed by atoms with Crippen LogP contribution < -0.4 is 27.2 Å². The number of aromatic carboxylic acids is 1. The van der Waals surface area contributed by atoms with E-state index in [-0.39, 0.29) is 11.4 Å². The van der Waals surface area contributed by atoms with Gasteiger partial charge < -0.3 is 25.9 Å². The second kappa shape index (κ2) is 8.04. The molecule has 2 aromatic carbocycles. The van der Waals surface area contributed by atoms with Crippen molar-refractivity contribution in [3.05, 3.63) is 91.6 Å². The lowest BCUT2D eigenvalue weighted by Crippen LogP contribution is -2.44. The Kier molecular flexibility index (Phi) is 5.26. The Labute approximate surface area is 176 Å². The third kappa shape index (κ3) is 3.78. The second-order valence-corrected chi connectivity index (χ2v) is 7.30. The zero-order valence-electron chi connectivity index (χ0n) is 16.6. The third-order valence-electron chi connectivity index (χ3n) is 5.34. The summed E-state index contributed by atoms with van der Waals surface area (Å²) in [4.78, 5) is 39.0. The molecule has 158 valence electrons. The zero-order valence-corrected chi connectivity index (χ0v) is 16.6. The number of carboxylic acids is 1. The summed E-state index contributed by atoms with van der Waals surface area (Å²) in [5, 5.41) is 8.61. The summed E-state index contributed by atoms with van der Waals surface area (Å²) in [5.74, 6) is -1.00. The van der Waals surface area contributed by atoms with Crippen LogP contribution in [0.2, 0.25) is 0 Å². The molecule has 9 nitrogen and oxygen atoms in total. The Morgan fingerprint density at radius 1 is 1.13 bits per heavy atom. The number of hydrogen-bond acceptors (Lipinski definition) is 7. The van der Waals surface area contributed by atoms with Gasteiger partial charge in [0.05, 0.1) is 0 Å². The van der Waals surface area contributed by atoms with Crippen molar-refractivity contribution in [3.63, 3.8) is 0 Å². The van der Waals surface area contributed by atoms with Crippen LogP contribution >= 0.6 is 0 Å². The molecule has 0 saturated carbocycles. The van der Waals surface area contributed by atoms with Crippen molar-refractivity contribution in [2.75, 3.05) is 17.2 Å². The first-order valence-electron chi connectivity index (χ1n) is 9.70. The van der Waals surface area contributed by atoms with Gasteiger partial charge in [-0.2, -0.15) is 0 Å². The number of imidazole rings is 1. The highest BCUT2D eigenvalue weighted by Crippen LogP contribution is 2.26. The summed E-state index contributed by atoms with van der Waals surface area (Å²) in [6, 6.07) is 11.6. The Hall–Kier alpha value is -3.98. The summed E-state index contributed by atoms with van der Waals surface area (Å²) in [5.41, 5.74) is 14.9. The topological polar surface area (TPSA) is 144 Å². The molecule has 0 unspecified atom stereocenters. The fraction of sp³-hybridized carbons (Fsp3) is 0.182. The fourth-order valence-electron chi connectivity index (χ4n) is 3.68. The molecule has 3 heterocycles. The minimum atomic E-state index is -1.00. The normalized spacial score (nSPS) is 13.0. The number of anilines is 2. The molecule has 1 aliphatic heterocycles. The van der Waals surface area contributed by atoms with Gasteiger partial charge in [0.1, 0.15) is 17.0 Å². The van der Waals surface area contributed by atoms with Crippen LogP contribution in [0.15, 0.2) is 58.4 Å². The van der Waals surface area contributed by atoms with Crippen molar-refractivity contribution < 1.29 is 9.90 Å². The highest BCUT2D eigenvalue weighted by atomic mass is 16.4. The number of carboxylic acid groups (broad SMARTS) is 1. The molecule has 4 aromatic rings. The standard InChI is InChI=1S/C14H15N3O2.C8H6N2O2/c15-6-8-1-2-9-3-4-17(7-10(9)5-8)12-11(16)13(18)14(12)19;11-8(12)6-5-10-4-2-1-3-7(10)9-6/h1-2,5H,3-4,6-7,15-16H2;1-5H,(H,11,12). The van der Waals surface area contributed by atoms with Crippen LogP contribution in [0.1, 0.15) is 27.2 Å². The second-order valence-electron chi connectivity index (χ2n) is 7.30. The van der Waals surface area contributed by atoms with Gasteiger partial charge in [-0.05, 0) is 35.2 Å². The molecule has 2 aromatic heterocycles. The molecule has 0 radical (unpaired) electrons. The number of nitrogen functional groups attached to an aromatic ring is 1. The smallest absolute Gasteiger partial charge is 0.356 e. The van der Waals surface area contributed by atoms with Gasteiger partial charge in [-0.15, -0.1) is 0 Å². The van der Waals surface area contributed by atoms with E-state index in [2.05, 4.69) is 17.1 Å². The van der Waals surface area contributed by atoms with Crippen LogP contribution in [-0.2, 0) is 19.5 Å². The lowest BCUT2D eigenvalue weighted by Gasteiger charge is -2.31. The number of aromatic nitrogens is 2. The third-order valence-corrected chi connectivity index (χ3v) is 5.34. The molecule has 31 heavy (non-hydrogen) atoms. The Morgan fingerprint density at radius 3 is 2.61 bits per heavy atom. The Balaban J connectivity index is 0.000000166. The number of nitrogens with zero attached hydrogens (tertiary/aromatic N) is 3. The first-order chi connectivity index (χ1) is 14.9. The van der Waals surface area contributed by atoms with E-state index in [4.69, 9.17) is 16.6 Å². The van der Waals surface area contributed by atoms with Crippen LogP contribution in [-0.4, -0.2) is 27.0 Å². The lowest BCUT2D eigenvalue weighted by atomic mass is 9.96. The van der Waals surface area contributed by atoms with E-state index in [1.165, 1.54) is 11.8 Å². The molecule has 5 N–H and O–H groups in total.